The normalized spacial score (nSPS) is 12.6. The molecule has 27 heavy (non-hydrogen) atoms. The van der Waals surface area contributed by atoms with E-state index in [-0.39, 0.29) is 32.6 Å². The summed E-state index contributed by atoms with van der Waals surface area (Å²) >= 11 is 0. The van der Waals surface area contributed by atoms with Crippen LogP contribution in [0.15, 0.2) is 0 Å². The van der Waals surface area contributed by atoms with E-state index in [0.717, 1.165) is 12.8 Å². The summed E-state index contributed by atoms with van der Waals surface area (Å²) in [5.74, 6) is -2.17. The zero-order valence-corrected chi connectivity index (χ0v) is 16.1. The number of ether oxygens (including phenoxy) is 2. The molecule has 2 unspecified atom stereocenters. The largest absolute Gasteiger partial charge is 0.466 e. The lowest BCUT2D eigenvalue weighted by Crippen LogP contribution is -2.49. The van der Waals surface area contributed by atoms with E-state index in [1.807, 2.05) is 0 Å². The molecule has 0 radical (unpaired) electrons. The maximum Gasteiger partial charge on any atom is 0.328 e. The summed E-state index contributed by atoms with van der Waals surface area (Å²) in [4.78, 5) is 47.2. The molecule has 0 aromatic heterocycles. The van der Waals surface area contributed by atoms with Gasteiger partial charge in [0, 0.05) is 6.42 Å². The standard InChI is InChI=1S/C17H32N4O6/c1-3-26-15(23)9-8-13(17(25)27-4-2)21-14(22)11-20-16(24)12(19)7-5-6-10-18/h12-13H,3-11,18-19H2,1-2H3,(H,20,24)(H,21,22). The maximum absolute atomic E-state index is 12.0. The van der Waals surface area contributed by atoms with Crippen molar-refractivity contribution in [2.45, 2.75) is 58.0 Å². The molecule has 0 aliphatic carbocycles. The van der Waals surface area contributed by atoms with E-state index in [1.165, 1.54) is 0 Å². The summed E-state index contributed by atoms with van der Waals surface area (Å²) in [6.45, 7) is 3.86. The molecular formula is C17H32N4O6. The van der Waals surface area contributed by atoms with Crippen LogP contribution in [-0.2, 0) is 28.7 Å². The molecule has 0 fully saturated rings. The van der Waals surface area contributed by atoms with Crippen molar-refractivity contribution >= 4 is 23.8 Å². The third kappa shape index (κ3) is 11.9. The van der Waals surface area contributed by atoms with Crippen molar-refractivity contribution in [2.75, 3.05) is 26.3 Å². The molecule has 0 aliphatic heterocycles. The molecule has 0 spiro atoms. The van der Waals surface area contributed by atoms with Crippen LogP contribution in [0.5, 0.6) is 0 Å². The van der Waals surface area contributed by atoms with Gasteiger partial charge in [0.15, 0.2) is 0 Å². The van der Waals surface area contributed by atoms with Crippen LogP contribution in [0.2, 0.25) is 0 Å². The summed E-state index contributed by atoms with van der Waals surface area (Å²) in [6, 6.07) is -1.73. The Kier molecular flexibility index (Phi) is 13.7. The van der Waals surface area contributed by atoms with Gasteiger partial charge in [-0.2, -0.15) is 0 Å². The number of rotatable bonds is 14. The molecule has 10 nitrogen and oxygen atoms in total. The molecule has 0 heterocycles. The second-order valence-corrected chi connectivity index (χ2v) is 5.82. The second-order valence-electron chi connectivity index (χ2n) is 5.82. The van der Waals surface area contributed by atoms with Crippen molar-refractivity contribution in [1.82, 2.24) is 10.6 Å². The third-order valence-electron chi connectivity index (χ3n) is 3.58. The Morgan fingerprint density at radius 1 is 1.00 bits per heavy atom. The molecular weight excluding hydrogens is 356 g/mol. The lowest BCUT2D eigenvalue weighted by atomic mass is 10.1. The van der Waals surface area contributed by atoms with Gasteiger partial charge in [-0.3, -0.25) is 14.4 Å². The first-order valence-corrected chi connectivity index (χ1v) is 9.20. The van der Waals surface area contributed by atoms with Crippen LogP contribution in [0.4, 0.5) is 0 Å². The summed E-state index contributed by atoms with van der Waals surface area (Å²) in [5, 5.41) is 4.87. The topological polar surface area (TPSA) is 163 Å². The van der Waals surface area contributed by atoms with Gasteiger partial charge in [-0.1, -0.05) is 6.42 Å². The van der Waals surface area contributed by atoms with Crippen molar-refractivity contribution in [1.29, 1.82) is 0 Å². The van der Waals surface area contributed by atoms with Crippen LogP contribution in [-0.4, -0.2) is 62.1 Å². The minimum atomic E-state index is -1.00. The van der Waals surface area contributed by atoms with Gasteiger partial charge in [0.05, 0.1) is 25.8 Å². The Hall–Kier alpha value is -2.20. The van der Waals surface area contributed by atoms with Crippen LogP contribution >= 0.6 is 0 Å². The van der Waals surface area contributed by atoms with E-state index >= 15 is 0 Å². The van der Waals surface area contributed by atoms with Gasteiger partial charge >= 0.3 is 11.9 Å². The molecule has 0 aromatic carbocycles. The van der Waals surface area contributed by atoms with Gasteiger partial charge in [0.2, 0.25) is 11.8 Å². The Bertz CT molecular complexity index is 486. The molecule has 156 valence electrons. The monoisotopic (exact) mass is 388 g/mol. The van der Waals surface area contributed by atoms with Crippen molar-refractivity contribution in [3.05, 3.63) is 0 Å². The van der Waals surface area contributed by atoms with E-state index in [1.54, 1.807) is 13.8 Å². The Morgan fingerprint density at radius 2 is 1.67 bits per heavy atom. The van der Waals surface area contributed by atoms with Crippen LogP contribution < -0.4 is 22.1 Å². The highest BCUT2D eigenvalue weighted by Gasteiger charge is 2.24. The predicted octanol–water partition coefficient (Wildman–Crippen LogP) is -1.05. The van der Waals surface area contributed by atoms with E-state index in [4.69, 9.17) is 20.9 Å². The molecule has 10 heteroatoms. The number of amides is 2. The highest BCUT2D eigenvalue weighted by molar-refractivity contribution is 5.89. The molecule has 0 aliphatic rings. The lowest BCUT2D eigenvalue weighted by Gasteiger charge is -2.18. The molecule has 0 bridgehead atoms. The van der Waals surface area contributed by atoms with Crippen molar-refractivity contribution in [2.24, 2.45) is 11.5 Å². The van der Waals surface area contributed by atoms with Crippen molar-refractivity contribution in [3.8, 4) is 0 Å². The van der Waals surface area contributed by atoms with Gasteiger partial charge in [0.1, 0.15) is 6.04 Å². The molecule has 0 saturated carbocycles. The number of nitrogens with one attached hydrogen (secondary N) is 2. The Balaban J connectivity index is 4.46. The van der Waals surface area contributed by atoms with Crippen LogP contribution in [0.3, 0.4) is 0 Å². The summed E-state index contributed by atoms with van der Waals surface area (Å²) in [6.07, 6.45) is 1.95. The van der Waals surface area contributed by atoms with Crippen LogP contribution in [0.25, 0.3) is 0 Å². The van der Waals surface area contributed by atoms with Crippen LogP contribution in [0, 0.1) is 0 Å². The van der Waals surface area contributed by atoms with Gasteiger partial charge in [-0.25, -0.2) is 4.79 Å². The molecule has 0 rings (SSSR count). The maximum atomic E-state index is 12.0. The predicted molar refractivity (Wildman–Crippen MR) is 98.3 cm³/mol. The molecule has 0 aromatic rings. The summed E-state index contributed by atoms with van der Waals surface area (Å²) < 4.78 is 9.69. The fourth-order valence-electron chi connectivity index (χ4n) is 2.17. The highest BCUT2D eigenvalue weighted by atomic mass is 16.5. The summed E-state index contributed by atoms with van der Waals surface area (Å²) in [5.41, 5.74) is 11.1. The summed E-state index contributed by atoms with van der Waals surface area (Å²) in [7, 11) is 0. The molecule has 2 amide bonds. The van der Waals surface area contributed by atoms with Gasteiger partial charge in [-0.15, -0.1) is 0 Å². The quantitative estimate of drug-likeness (QED) is 0.216. The van der Waals surface area contributed by atoms with E-state index in [0.29, 0.717) is 13.0 Å². The smallest absolute Gasteiger partial charge is 0.328 e. The molecule has 2 atom stereocenters. The molecule has 6 N–H and O–H groups in total. The first kappa shape index (κ1) is 24.8. The number of esters is 2. The zero-order chi connectivity index (χ0) is 20.7. The Labute approximate surface area is 159 Å². The highest BCUT2D eigenvalue weighted by Crippen LogP contribution is 2.03. The van der Waals surface area contributed by atoms with Crippen LogP contribution in [0.1, 0.15) is 46.0 Å². The van der Waals surface area contributed by atoms with Gasteiger partial charge in [-0.05, 0) is 39.7 Å². The molecule has 0 saturated heterocycles. The number of unbranched alkanes of at least 4 members (excludes halogenated alkanes) is 1. The fourth-order valence-corrected chi connectivity index (χ4v) is 2.17. The van der Waals surface area contributed by atoms with Gasteiger partial charge < -0.3 is 31.6 Å². The number of carbonyl (C=O) groups excluding carboxylic acids is 4. The fraction of sp³-hybridized carbons (Fsp3) is 0.765. The second kappa shape index (κ2) is 14.9. The minimum absolute atomic E-state index is 0.0377. The number of nitrogens with two attached hydrogens (primary N) is 2. The first-order valence-electron chi connectivity index (χ1n) is 9.20. The van der Waals surface area contributed by atoms with Crippen molar-refractivity contribution < 1.29 is 28.7 Å². The number of carbonyl (C=O) groups is 4. The van der Waals surface area contributed by atoms with E-state index in [2.05, 4.69) is 10.6 Å². The third-order valence-corrected chi connectivity index (χ3v) is 3.58. The average Bonchev–Trinajstić information content (AvgIpc) is 2.63. The number of hydrogen-bond donors (Lipinski definition) is 4. The van der Waals surface area contributed by atoms with E-state index in [9.17, 15) is 19.2 Å². The van der Waals surface area contributed by atoms with E-state index < -0.39 is 35.8 Å². The Morgan fingerprint density at radius 3 is 2.26 bits per heavy atom. The number of hydrogen-bond acceptors (Lipinski definition) is 8. The zero-order valence-electron chi connectivity index (χ0n) is 16.1. The minimum Gasteiger partial charge on any atom is -0.466 e. The SMILES string of the molecule is CCOC(=O)CCC(NC(=O)CNC(=O)C(N)CCCCN)C(=O)OCC. The van der Waals surface area contributed by atoms with Gasteiger partial charge in [0.25, 0.3) is 0 Å². The van der Waals surface area contributed by atoms with Crippen molar-refractivity contribution in [3.63, 3.8) is 0 Å². The lowest BCUT2D eigenvalue weighted by molar-refractivity contribution is -0.148. The first-order chi connectivity index (χ1) is 12.8. The average molecular weight is 388 g/mol.